The smallest absolute Gasteiger partial charge is 0.313 e. The SMILES string of the molecule is Cc1cnc(NC(=O)C2CC(C)(C(=O)O)C=CC2N)s1. The Morgan fingerprint density at radius 1 is 1.60 bits per heavy atom. The van der Waals surface area contributed by atoms with Gasteiger partial charge < -0.3 is 16.2 Å². The second-order valence-corrected chi connectivity index (χ2v) is 6.47. The number of carbonyl (C=O) groups excluding carboxylic acids is 1. The van der Waals surface area contributed by atoms with Gasteiger partial charge in [0.2, 0.25) is 5.91 Å². The van der Waals surface area contributed by atoms with Gasteiger partial charge in [0.05, 0.1) is 11.3 Å². The Hall–Kier alpha value is -1.73. The Balaban J connectivity index is 2.13. The molecule has 0 saturated heterocycles. The van der Waals surface area contributed by atoms with Crippen LogP contribution in [-0.2, 0) is 9.59 Å². The number of aryl methyl sites for hydroxylation is 1. The molecular weight excluding hydrogens is 278 g/mol. The predicted molar refractivity (Wildman–Crippen MR) is 76.4 cm³/mol. The predicted octanol–water partition coefficient (Wildman–Crippen LogP) is 1.38. The van der Waals surface area contributed by atoms with Crippen LogP contribution in [0, 0.1) is 18.3 Å². The lowest BCUT2D eigenvalue weighted by molar-refractivity contribution is -0.146. The summed E-state index contributed by atoms with van der Waals surface area (Å²) in [4.78, 5) is 28.6. The summed E-state index contributed by atoms with van der Waals surface area (Å²) in [6, 6.07) is -0.483. The highest BCUT2D eigenvalue weighted by atomic mass is 32.1. The lowest BCUT2D eigenvalue weighted by Gasteiger charge is -2.32. The van der Waals surface area contributed by atoms with Crippen molar-refractivity contribution >= 4 is 28.3 Å². The average Bonchev–Trinajstić information content (AvgIpc) is 2.77. The third kappa shape index (κ3) is 2.88. The molecule has 0 saturated carbocycles. The molecule has 3 unspecified atom stereocenters. The molecular formula is C13H17N3O3S. The number of carbonyl (C=O) groups is 2. The lowest BCUT2D eigenvalue weighted by atomic mass is 9.73. The largest absolute Gasteiger partial charge is 0.481 e. The fourth-order valence-corrected chi connectivity index (χ4v) is 2.82. The van der Waals surface area contributed by atoms with Crippen molar-refractivity contribution in [3.8, 4) is 0 Å². The first kappa shape index (κ1) is 14.7. The van der Waals surface area contributed by atoms with Crippen molar-refractivity contribution in [1.82, 2.24) is 4.98 Å². The van der Waals surface area contributed by atoms with Gasteiger partial charge in [-0.25, -0.2) is 4.98 Å². The number of nitrogens with zero attached hydrogens (tertiary/aromatic N) is 1. The van der Waals surface area contributed by atoms with Gasteiger partial charge in [-0.15, -0.1) is 11.3 Å². The summed E-state index contributed by atoms with van der Waals surface area (Å²) in [5.41, 5.74) is 4.84. The zero-order valence-electron chi connectivity index (χ0n) is 11.3. The van der Waals surface area contributed by atoms with Gasteiger partial charge in [0.1, 0.15) is 0 Å². The highest BCUT2D eigenvalue weighted by Gasteiger charge is 2.41. The third-order valence-corrected chi connectivity index (χ3v) is 4.30. The summed E-state index contributed by atoms with van der Waals surface area (Å²) in [6.07, 6.45) is 5.00. The van der Waals surface area contributed by atoms with Crippen molar-refractivity contribution in [2.75, 3.05) is 5.32 Å². The second kappa shape index (κ2) is 5.34. The molecule has 0 aromatic carbocycles. The summed E-state index contributed by atoms with van der Waals surface area (Å²) in [6.45, 7) is 3.48. The summed E-state index contributed by atoms with van der Waals surface area (Å²) < 4.78 is 0. The van der Waals surface area contributed by atoms with Crippen LogP contribution in [0.25, 0.3) is 0 Å². The molecule has 0 spiro atoms. The summed E-state index contributed by atoms with van der Waals surface area (Å²) in [5.74, 6) is -1.82. The topological polar surface area (TPSA) is 105 Å². The van der Waals surface area contributed by atoms with Crippen LogP contribution in [0.4, 0.5) is 5.13 Å². The molecule has 1 amide bonds. The molecule has 0 fully saturated rings. The Bertz CT molecular complexity index is 569. The molecule has 7 heteroatoms. The van der Waals surface area contributed by atoms with Crippen molar-refractivity contribution in [2.45, 2.75) is 26.3 Å². The first-order valence-electron chi connectivity index (χ1n) is 6.23. The van der Waals surface area contributed by atoms with E-state index in [-0.39, 0.29) is 12.3 Å². The number of hydrogen-bond acceptors (Lipinski definition) is 5. The average molecular weight is 295 g/mol. The first-order chi connectivity index (χ1) is 9.32. The molecule has 1 heterocycles. The number of carboxylic acid groups (broad SMARTS) is 1. The van der Waals surface area contributed by atoms with E-state index in [2.05, 4.69) is 10.3 Å². The van der Waals surface area contributed by atoms with E-state index < -0.39 is 23.3 Å². The summed E-state index contributed by atoms with van der Waals surface area (Å²) in [7, 11) is 0. The van der Waals surface area contributed by atoms with Crippen LogP contribution in [-0.4, -0.2) is 28.0 Å². The van der Waals surface area contributed by atoms with Crippen molar-refractivity contribution in [1.29, 1.82) is 0 Å². The standard InChI is InChI=1S/C13H17N3O3S/c1-7-6-15-12(20-7)16-10(17)8-5-13(2,11(18)19)4-3-9(8)14/h3-4,6,8-9H,5,14H2,1-2H3,(H,18,19)(H,15,16,17). The Morgan fingerprint density at radius 2 is 2.30 bits per heavy atom. The first-order valence-corrected chi connectivity index (χ1v) is 7.05. The van der Waals surface area contributed by atoms with Crippen LogP contribution in [0.5, 0.6) is 0 Å². The van der Waals surface area contributed by atoms with E-state index in [1.807, 2.05) is 6.92 Å². The second-order valence-electron chi connectivity index (χ2n) is 5.24. The van der Waals surface area contributed by atoms with Crippen LogP contribution >= 0.6 is 11.3 Å². The summed E-state index contributed by atoms with van der Waals surface area (Å²) >= 11 is 1.37. The van der Waals surface area contributed by atoms with Gasteiger partial charge in [-0.2, -0.15) is 0 Å². The summed E-state index contributed by atoms with van der Waals surface area (Å²) in [5, 5.41) is 12.4. The maximum atomic E-state index is 12.2. The molecule has 1 aliphatic rings. The van der Waals surface area contributed by atoms with E-state index in [1.54, 1.807) is 25.3 Å². The van der Waals surface area contributed by atoms with Crippen molar-refractivity contribution < 1.29 is 14.7 Å². The molecule has 6 nitrogen and oxygen atoms in total. The third-order valence-electron chi connectivity index (χ3n) is 3.47. The highest BCUT2D eigenvalue weighted by molar-refractivity contribution is 7.15. The Kier molecular flexibility index (Phi) is 3.92. The molecule has 1 aromatic rings. The molecule has 108 valence electrons. The maximum absolute atomic E-state index is 12.2. The minimum Gasteiger partial charge on any atom is -0.481 e. The fraction of sp³-hybridized carbons (Fsp3) is 0.462. The van der Waals surface area contributed by atoms with E-state index in [1.165, 1.54) is 11.3 Å². The quantitative estimate of drug-likeness (QED) is 0.731. The minimum atomic E-state index is -1.06. The number of carboxylic acids is 1. The van der Waals surface area contributed by atoms with Crippen LogP contribution in [0.15, 0.2) is 18.3 Å². The Morgan fingerprint density at radius 3 is 2.85 bits per heavy atom. The molecule has 0 radical (unpaired) electrons. The van der Waals surface area contributed by atoms with E-state index >= 15 is 0 Å². The number of anilines is 1. The fourth-order valence-electron chi connectivity index (χ4n) is 2.16. The molecule has 3 atom stereocenters. The van der Waals surface area contributed by atoms with Gasteiger partial charge in [0.25, 0.3) is 0 Å². The molecule has 0 bridgehead atoms. The Labute approximate surface area is 120 Å². The van der Waals surface area contributed by atoms with Gasteiger partial charge in [0.15, 0.2) is 5.13 Å². The van der Waals surface area contributed by atoms with Crippen molar-refractivity contribution in [3.05, 3.63) is 23.2 Å². The van der Waals surface area contributed by atoms with Gasteiger partial charge in [-0.05, 0) is 20.3 Å². The minimum absolute atomic E-state index is 0.177. The van der Waals surface area contributed by atoms with E-state index in [0.717, 1.165) is 4.88 Å². The molecule has 1 aliphatic carbocycles. The van der Waals surface area contributed by atoms with Crippen LogP contribution < -0.4 is 11.1 Å². The number of aliphatic carboxylic acids is 1. The van der Waals surface area contributed by atoms with Crippen LogP contribution in [0.2, 0.25) is 0 Å². The number of amides is 1. The highest BCUT2D eigenvalue weighted by Crippen LogP contribution is 2.34. The zero-order valence-corrected chi connectivity index (χ0v) is 12.1. The van der Waals surface area contributed by atoms with Crippen LogP contribution in [0.1, 0.15) is 18.2 Å². The normalized spacial score (nSPS) is 29.1. The van der Waals surface area contributed by atoms with Gasteiger partial charge >= 0.3 is 5.97 Å². The number of nitrogens with one attached hydrogen (secondary N) is 1. The van der Waals surface area contributed by atoms with E-state index in [9.17, 15) is 14.7 Å². The molecule has 2 rings (SSSR count). The lowest BCUT2D eigenvalue weighted by Crippen LogP contribution is -2.45. The number of rotatable bonds is 3. The van der Waals surface area contributed by atoms with Gasteiger partial charge in [-0.3, -0.25) is 9.59 Å². The van der Waals surface area contributed by atoms with E-state index in [4.69, 9.17) is 5.73 Å². The monoisotopic (exact) mass is 295 g/mol. The number of thiazole rings is 1. The maximum Gasteiger partial charge on any atom is 0.313 e. The number of nitrogens with two attached hydrogens (primary N) is 1. The molecule has 20 heavy (non-hydrogen) atoms. The molecule has 4 N–H and O–H groups in total. The van der Waals surface area contributed by atoms with Gasteiger partial charge in [0, 0.05) is 17.1 Å². The van der Waals surface area contributed by atoms with E-state index in [0.29, 0.717) is 5.13 Å². The van der Waals surface area contributed by atoms with Crippen LogP contribution in [0.3, 0.4) is 0 Å². The zero-order chi connectivity index (χ0) is 14.9. The van der Waals surface area contributed by atoms with Gasteiger partial charge in [-0.1, -0.05) is 12.2 Å². The van der Waals surface area contributed by atoms with Crippen molar-refractivity contribution in [2.24, 2.45) is 17.1 Å². The van der Waals surface area contributed by atoms with Crippen molar-refractivity contribution in [3.63, 3.8) is 0 Å². The molecule has 1 aromatic heterocycles. The molecule has 0 aliphatic heterocycles. The number of aromatic nitrogens is 1. The number of hydrogen-bond donors (Lipinski definition) is 3.